The smallest absolute Gasteiger partial charge is 0.141 e. The Hall–Kier alpha value is -0.910. The van der Waals surface area contributed by atoms with Crippen molar-refractivity contribution in [3.8, 4) is 5.75 Å². The van der Waals surface area contributed by atoms with Crippen LogP contribution in [0.5, 0.6) is 5.75 Å². The van der Waals surface area contributed by atoms with Crippen molar-refractivity contribution in [3.63, 3.8) is 0 Å². The van der Waals surface area contributed by atoms with Crippen LogP contribution < -0.4 is 4.74 Å². The topological polar surface area (TPSA) is 29.5 Å². The van der Waals surface area contributed by atoms with Gasteiger partial charge in [0.1, 0.15) is 17.7 Å². The normalized spacial score (nSPS) is 12.3. The predicted octanol–water partition coefficient (Wildman–Crippen LogP) is 4.44. The predicted molar refractivity (Wildman–Crippen MR) is 78.9 cm³/mol. The summed E-state index contributed by atoms with van der Waals surface area (Å²) in [6.07, 6.45) is -0.901. The molecule has 100 valence electrons. The van der Waals surface area contributed by atoms with Gasteiger partial charge in [0.2, 0.25) is 0 Å². The summed E-state index contributed by atoms with van der Waals surface area (Å²) >= 11 is 6.50. The number of halogens is 3. The number of methoxy groups -OCH3 is 1. The molecule has 1 unspecified atom stereocenters. The molecule has 2 aromatic rings. The van der Waals surface area contributed by atoms with Crippen LogP contribution >= 0.6 is 31.9 Å². The minimum atomic E-state index is -0.901. The largest absolute Gasteiger partial charge is 0.496 e. The monoisotopic (exact) mass is 388 g/mol. The standard InChI is InChI=1S/C14H11Br2FO2/c1-19-13-7-12(17)11(16)6-9(13)14(18)8-4-2-3-5-10(8)15/h2-7,14,18H,1H3. The number of aliphatic hydroxyl groups is 1. The van der Waals surface area contributed by atoms with E-state index >= 15 is 0 Å². The molecule has 0 radical (unpaired) electrons. The second-order valence-electron chi connectivity index (χ2n) is 3.93. The second-order valence-corrected chi connectivity index (χ2v) is 5.64. The molecule has 5 heteroatoms. The number of aliphatic hydroxyl groups excluding tert-OH is 1. The highest BCUT2D eigenvalue weighted by Gasteiger charge is 2.19. The molecule has 0 spiro atoms. The lowest BCUT2D eigenvalue weighted by Crippen LogP contribution is -2.04. The van der Waals surface area contributed by atoms with E-state index in [4.69, 9.17) is 4.74 Å². The van der Waals surface area contributed by atoms with Gasteiger partial charge in [-0.1, -0.05) is 34.1 Å². The van der Waals surface area contributed by atoms with Crippen LogP contribution in [-0.4, -0.2) is 12.2 Å². The van der Waals surface area contributed by atoms with Crippen molar-refractivity contribution in [1.29, 1.82) is 0 Å². The molecule has 0 aliphatic carbocycles. The fraction of sp³-hybridized carbons (Fsp3) is 0.143. The number of benzene rings is 2. The first-order chi connectivity index (χ1) is 9.04. The molecule has 0 fully saturated rings. The lowest BCUT2D eigenvalue weighted by molar-refractivity contribution is 0.213. The van der Waals surface area contributed by atoms with E-state index in [9.17, 15) is 9.50 Å². The summed E-state index contributed by atoms with van der Waals surface area (Å²) in [6, 6.07) is 10.1. The highest BCUT2D eigenvalue weighted by Crippen LogP contribution is 2.36. The van der Waals surface area contributed by atoms with Crippen molar-refractivity contribution < 1.29 is 14.2 Å². The SMILES string of the molecule is COc1cc(F)c(Br)cc1C(O)c1ccccc1Br. The Labute approximate surface area is 127 Å². The lowest BCUT2D eigenvalue weighted by Gasteiger charge is -2.17. The van der Waals surface area contributed by atoms with Crippen molar-refractivity contribution in [2.75, 3.05) is 7.11 Å². The zero-order chi connectivity index (χ0) is 14.0. The fourth-order valence-electron chi connectivity index (χ4n) is 1.80. The summed E-state index contributed by atoms with van der Waals surface area (Å²) in [5.41, 5.74) is 1.20. The first-order valence-electron chi connectivity index (χ1n) is 5.50. The maximum atomic E-state index is 13.5. The Bertz CT molecular complexity index is 602. The summed E-state index contributed by atoms with van der Waals surface area (Å²) in [5, 5.41) is 10.4. The van der Waals surface area contributed by atoms with E-state index in [0.29, 0.717) is 16.9 Å². The molecule has 0 aromatic heterocycles. The summed E-state index contributed by atoms with van der Waals surface area (Å²) in [4.78, 5) is 0. The van der Waals surface area contributed by atoms with Gasteiger partial charge in [0.15, 0.2) is 0 Å². The average molecular weight is 390 g/mol. The quantitative estimate of drug-likeness (QED) is 0.840. The van der Waals surface area contributed by atoms with Gasteiger partial charge >= 0.3 is 0 Å². The van der Waals surface area contributed by atoms with E-state index in [1.54, 1.807) is 6.07 Å². The first-order valence-corrected chi connectivity index (χ1v) is 7.08. The molecule has 2 nitrogen and oxygen atoms in total. The summed E-state index contributed by atoms with van der Waals surface area (Å²) in [6.45, 7) is 0. The summed E-state index contributed by atoms with van der Waals surface area (Å²) in [5.74, 6) is -0.121. The fourth-order valence-corrected chi connectivity index (χ4v) is 2.66. The number of rotatable bonds is 3. The van der Waals surface area contributed by atoms with Gasteiger partial charge in [-0.15, -0.1) is 0 Å². The Balaban J connectivity index is 2.52. The van der Waals surface area contributed by atoms with Crippen molar-refractivity contribution in [2.24, 2.45) is 0 Å². The van der Waals surface area contributed by atoms with Crippen LogP contribution in [0.4, 0.5) is 4.39 Å². The number of hydrogen-bond acceptors (Lipinski definition) is 2. The molecule has 0 saturated heterocycles. The van der Waals surface area contributed by atoms with E-state index in [1.165, 1.54) is 19.2 Å². The minimum Gasteiger partial charge on any atom is -0.496 e. The average Bonchev–Trinajstić information content (AvgIpc) is 2.41. The lowest BCUT2D eigenvalue weighted by atomic mass is 10.0. The van der Waals surface area contributed by atoms with Crippen molar-refractivity contribution in [2.45, 2.75) is 6.10 Å². The van der Waals surface area contributed by atoms with Gasteiger partial charge in [0.05, 0.1) is 11.6 Å². The van der Waals surface area contributed by atoms with E-state index < -0.39 is 11.9 Å². The van der Waals surface area contributed by atoms with Crippen molar-refractivity contribution >= 4 is 31.9 Å². The Morgan fingerprint density at radius 3 is 2.42 bits per heavy atom. The van der Waals surface area contributed by atoms with Crippen LogP contribution in [0.2, 0.25) is 0 Å². The van der Waals surface area contributed by atoms with Gasteiger partial charge in [0.25, 0.3) is 0 Å². The van der Waals surface area contributed by atoms with Crippen molar-refractivity contribution in [1.82, 2.24) is 0 Å². The molecule has 1 atom stereocenters. The van der Waals surface area contributed by atoms with Crippen LogP contribution in [0.25, 0.3) is 0 Å². The Morgan fingerprint density at radius 2 is 1.79 bits per heavy atom. The van der Waals surface area contributed by atoms with Crippen molar-refractivity contribution in [3.05, 3.63) is 62.3 Å². The van der Waals surface area contributed by atoms with Crippen LogP contribution in [0.15, 0.2) is 45.3 Å². The Morgan fingerprint density at radius 1 is 1.11 bits per heavy atom. The second kappa shape index (κ2) is 6.03. The molecule has 0 saturated carbocycles. The third-order valence-electron chi connectivity index (χ3n) is 2.77. The molecule has 1 N–H and O–H groups in total. The number of hydrogen-bond donors (Lipinski definition) is 1. The third kappa shape index (κ3) is 2.99. The first kappa shape index (κ1) is 14.5. The van der Waals surface area contributed by atoms with Crippen LogP contribution in [-0.2, 0) is 0 Å². The van der Waals surface area contributed by atoms with Gasteiger partial charge in [-0.25, -0.2) is 4.39 Å². The third-order valence-corrected chi connectivity index (χ3v) is 4.10. The molecule has 2 rings (SSSR count). The van der Waals surface area contributed by atoms with Crippen LogP contribution in [0, 0.1) is 5.82 Å². The van der Waals surface area contributed by atoms with Gasteiger partial charge in [-0.05, 0) is 33.6 Å². The van der Waals surface area contributed by atoms with E-state index in [0.717, 1.165) is 4.47 Å². The minimum absolute atomic E-state index is 0.286. The molecule has 0 amide bonds. The summed E-state index contributed by atoms with van der Waals surface area (Å²) in [7, 11) is 1.44. The molecule has 2 aromatic carbocycles. The van der Waals surface area contributed by atoms with E-state index in [1.807, 2.05) is 18.2 Å². The molecular formula is C14H11Br2FO2. The molecule has 0 heterocycles. The highest BCUT2D eigenvalue weighted by atomic mass is 79.9. The zero-order valence-electron chi connectivity index (χ0n) is 10.0. The maximum Gasteiger partial charge on any atom is 0.141 e. The Kier molecular flexibility index (Phi) is 4.60. The van der Waals surface area contributed by atoms with E-state index in [2.05, 4.69) is 31.9 Å². The van der Waals surface area contributed by atoms with Gasteiger partial charge in [0, 0.05) is 16.1 Å². The van der Waals surface area contributed by atoms with Crippen LogP contribution in [0.1, 0.15) is 17.2 Å². The molecule has 0 aliphatic rings. The van der Waals surface area contributed by atoms with Crippen LogP contribution in [0.3, 0.4) is 0 Å². The molecule has 0 aliphatic heterocycles. The summed E-state index contributed by atoms with van der Waals surface area (Å²) < 4.78 is 19.7. The number of ether oxygens (including phenoxy) is 1. The molecule has 0 bridgehead atoms. The zero-order valence-corrected chi connectivity index (χ0v) is 13.2. The highest BCUT2D eigenvalue weighted by molar-refractivity contribution is 9.10. The van der Waals surface area contributed by atoms with Gasteiger partial charge < -0.3 is 9.84 Å². The maximum absolute atomic E-state index is 13.5. The van der Waals surface area contributed by atoms with E-state index in [-0.39, 0.29) is 4.47 Å². The molecule has 19 heavy (non-hydrogen) atoms. The van der Waals surface area contributed by atoms with Gasteiger partial charge in [-0.3, -0.25) is 0 Å². The van der Waals surface area contributed by atoms with Gasteiger partial charge in [-0.2, -0.15) is 0 Å². The molecular weight excluding hydrogens is 379 g/mol.